The van der Waals surface area contributed by atoms with Crippen molar-refractivity contribution in [2.24, 2.45) is 0 Å². The lowest BCUT2D eigenvalue weighted by atomic mass is 10.4. The number of nitrogens with zero attached hydrogens (tertiary/aromatic N) is 5. The third-order valence-electron chi connectivity index (χ3n) is 2.51. The van der Waals surface area contributed by atoms with E-state index >= 15 is 0 Å². The zero-order valence-corrected chi connectivity index (χ0v) is 11.2. The molecule has 8 nitrogen and oxygen atoms in total. The molecule has 9 heteroatoms. The molecule has 0 unspecified atom stereocenters. The number of tetrazole rings is 1. The Bertz CT molecular complexity index is 674. The molecule has 3 aromatic rings. The molecule has 0 aromatic carbocycles. The molecule has 0 saturated heterocycles. The second kappa shape index (κ2) is 5.61. The van der Waals surface area contributed by atoms with E-state index in [1.165, 1.54) is 16.1 Å². The molecule has 3 rings (SSSR count). The molecular weight excluding hydrogens is 278 g/mol. The Hall–Kier alpha value is -2.55. The molecule has 0 radical (unpaired) electrons. The number of carbonyl (C=O) groups excluding carboxylic acids is 1. The highest BCUT2D eigenvalue weighted by Gasteiger charge is 2.09. The van der Waals surface area contributed by atoms with Gasteiger partial charge in [0.05, 0.1) is 17.1 Å². The van der Waals surface area contributed by atoms with Gasteiger partial charge in [0.2, 0.25) is 11.7 Å². The average Bonchev–Trinajstić information content (AvgIpc) is 3.18. The van der Waals surface area contributed by atoms with Gasteiger partial charge in [-0.3, -0.25) is 9.89 Å². The van der Waals surface area contributed by atoms with Gasteiger partial charge >= 0.3 is 0 Å². The van der Waals surface area contributed by atoms with E-state index < -0.39 is 0 Å². The van der Waals surface area contributed by atoms with Crippen molar-refractivity contribution in [3.63, 3.8) is 0 Å². The first-order valence-electron chi connectivity index (χ1n) is 5.88. The van der Waals surface area contributed by atoms with Crippen LogP contribution in [0.3, 0.4) is 0 Å². The molecule has 0 bridgehead atoms. The lowest BCUT2D eigenvalue weighted by Crippen LogP contribution is -2.28. The van der Waals surface area contributed by atoms with Gasteiger partial charge in [0.25, 0.3) is 0 Å². The molecule has 0 fully saturated rings. The lowest BCUT2D eigenvalue weighted by molar-refractivity contribution is -0.122. The van der Waals surface area contributed by atoms with Crippen molar-refractivity contribution in [2.45, 2.75) is 13.1 Å². The molecule has 20 heavy (non-hydrogen) atoms. The van der Waals surface area contributed by atoms with Gasteiger partial charge in [-0.1, -0.05) is 6.07 Å². The maximum atomic E-state index is 11.7. The molecule has 0 spiro atoms. The number of thiophene rings is 1. The molecule has 0 aliphatic heterocycles. The Balaban J connectivity index is 1.56. The van der Waals surface area contributed by atoms with Crippen LogP contribution in [0.1, 0.15) is 5.69 Å². The van der Waals surface area contributed by atoms with E-state index in [9.17, 15) is 4.79 Å². The fraction of sp³-hybridized carbons (Fsp3) is 0.182. The summed E-state index contributed by atoms with van der Waals surface area (Å²) in [6.45, 7) is 0.428. The first-order valence-corrected chi connectivity index (χ1v) is 6.76. The van der Waals surface area contributed by atoms with E-state index in [1.54, 1.807) is 12.3 Å². The number of aromatic nitrogens is 6. The van der Waals surface area contributed by atoms with Gasteiger partial charge in [0.1, 0.15) is 6.54 Å². The summed E-state index contributed by atoms with van der Waals surface area (Å²) in [5, 5.41) is 23.2. The summed E-state index contributed by atoms with van der Waals surface area (Å²) >= 11 is 1.53. The van der Waals surface area contributed by atoms with Crippen molar-refractivity contribution in [1.82, 2.24) is 35.7 Å². The molecule has 1 amide bonds. The van der Waals surface area contributed by atoms with Crippen molar-refractivity contribution in [2.75, 3.05) is 0 Å². The van der Waals surface area contributed by atoms with Gasteiger partial charge in [0.15, 0.2) is 0 Å². The zero-order valence-electron chi connectivity index (χ0n) is 10.4. The van der Waals surface area contributed by atoms with Gasteiger partial charge in [-0.05, 0) is 22.7 Å². The minimum absolute atomic E-state index is 0.0342. The Kier molecular flexibility index (Phi) is 3.50. The SMILES string of the molecule is O=C(Cn1nnc(-c2cccs2)n1)NCc1ccn[nH]1. The molecule has 2 N–H and O–H groups in total. The van der Waals surface area contributed by atoms with Crippen LogP contribution in [0.4, 0.5) is 0 Å². The number of nitrogens with one attached hydrogen (secondary N) is 2. The minimum atomic E-state index is -0.185. The Labute approximate surface area is 117 Å². The summed E-state index contributed by atoms with van der Waals surface area (Å²) in [6, 6.07) is 5.62. The highest BCUT2D eigenvalue weighted by molar-refractivity contribution is 7.13. The van der Waals surface area contributed by atoms with Crippen LogP contribution in [-0.2, 0) is 17.9 Å². The number of carbonyl (C=O) groups is 1. The normalized spacial score (nSPS) is 10.6. The second-order valence-corrected chi connectivity index (χ2v) is 4.93. The third-order valence-corrected chi connectivity index (χ3v) is 3.38. The standard InChI is InChI=1S/C11H11N7OS/c19-10(12-6-8-3-4-13-14-8)7-18-16-11(15-17-18)9-2-1-5-20-9/h1-5H,6-7H2,(H,12,19)(H,13,14). The minimum Gasteiger partial charge on any atom is -0.349 e. The van der Waals surface area contributed by atoms with Crippen LogP contribution in [-0.4, -0.2) is 36.3 Å². The maximum absolute atomic E-state index is 11.7. The number of H-pyrrole nitrogens is 1. The monoisotopic (exact) mass is 289 g/mol. The molecule has 3 aromatic heterocycles. The van der Waals surface area contributed by atoms with Gasteiger partial charge in [-0.15, -0.1) is 21.5 Å². The molecule has 102 valence electrons. The van der Waals surface area contributed by atoms with E-state index in [-0.39, 0.29) is 12.5 Å². The van der Waals surface area contributed by atoms with Crippen LogP contribution < -0.4 is 5.32 Å². The van der Waals surface area contributed by atoms with Crippen LogP contribution in [0, 0.1) is 0 Å². The smallest absolute Gasteiger partial charge is 0.243 e. The van der Waals surface area contributed by atoms with Crippen LogP contribution in [0.2, 0.25) is 0 Å². The molecule has 3 heterocycles. The van der Waals surface area contributed by atoms with E-state index in [0.29, 0.717) is 12.4 Å². The summed E-state index contributed by atoms with van der Waals surface area (Å²) in [4.78, 5) is 13.9. The number of hydrogen-bond acceptors (Lipinski definition) is 6. The predicted octanol–water partition coefficient (Wildman–Crippen LogP) is 0.441. The zero-order chi connectivity index (χ0) is 13.8. The number of aromatic amines is 1. The van der Waals surface area contributed by atoms with E-state index in [0.717, 1.165) is 10.6 Å². The van der Waals surface area contributed by atoms with Crippen molar-refractivity contribution < 1.29 is 4.79 Å². The quantitative estimate of drug-likeness (QED) is 0.709. The fourth-order valence-corrected chi connectivity index (χ4v) is 2.22. The summed E-state index contributed by atoms with van der Waals surface area (Å²) in [6.07, 6.45) is 1.63. The van der Waals surface area contributed by atoms with Gasteiger partial charge in [0, 0.05) is 6.20 Å². The summed E-state index contributed by atoms with van der Waals surface area (Å²) in [5.74, 6) is 0.344. The highest BCUT2D eigenvalue weighted by Crippen LogP contribution is 2.19. The van der Waals surface area contributed by atoms with Gasteiger partial charge in [-0.2, -0.15) is 9.90 Å². The summed E-state index contributed by atoms with van der Waals surface area (Å²) in [5.41, 5.74) is 0.837. The first-order chi connectivity index (χ1) is 9.81. The van der Waals surface area contributed by atoms with E-state index in [4.69, 9.17) is 0 Å². The number of hydrogen-bond donors (Lipinski definition) is 2. The van der Waals surface area contributed by atoms with Crippen molar-refractivity contribution >= 4 is 17.2 Å². The molecule has 0 atom stereocenters. The van der Waals surface area contributed by atoms with Crippen molar-refractivity contribution in [1.29, 1.82) is 0 Å². The number of rotatable bonds is 5. The largest absolute Gasteiger partial charge is 0.349 e. The fourth-order valence-electron chi connectivity index (χ4n) is 1.58. The summed E-state index contributed by atoms with van der Waals surface area (Å²) < 4.78 is 0. The van der Waals surface area contributed by atoms with Crippen molar-refractivity contribution in [3.05, 3.63) is 35.5 Å². The van der Waals surface area contributed by atoms with Crippen LogP contribution in [0.15, 0.2) is 29.8 Å². The molecule has 0 aliphatic rings. The Morgan fingerprint density at radius 1 is 1.45 bits per heavy atom. The maximum Gasteiger partial charge on any atom is 0.243 e. The third kappa shape index (κ3) is 2.88. The molecule has 0 saturated carbocycles. The summed E-state index contributed by atoms with van der Waals surface area (Å²) in [7, 11) is 0. The van der Waals surface area contributed by atoms with Crippen LogP contribution in [0.5, 0.6) is 0 Å². The second-order valence-electron chi connectivity index (χ2n) is 3.98. The van der Waals surface area contributed by atoms with Crippen molar-refractivity contribution in [3.8, 4) is 10.7 Å². The first kappa shape index (κ1) is 12.5. The lowest BCUT2D eigenvalue weighted by Gasteiger charge is -2.01. The van der Waals surface area contributed by atoms with Crippen LogP contribution >= 0.6 is 11.3 Å². The average molecular weight is 289 g/mol. The van der Waals surface area contributed by atoms with Gasteiger partial charge < -0.3 is 5.32 Å². The number of amides is 1. The molecule has 0 aliphatic carbocycles. The van der Waals surface area contributed by atoms with E-state index in [1.807, 2.05) is 17.5 Å². The Morgan fingerprint density at radius 2 is 2.40 bits per heavy atom. The highest BCUT2D eigenvalue weighted by atomic mass is 32.1. The van der Waals surface area contributed by atoms with Crippen LogP contribution in [0.25, 0.3) is 10.7 Å². The molecular formula is C11H11N7OS. The Morgan fingerprint density at radius 3 is 3.15 bits per heavy atom. The predicted molar refractivity (Wildman–Crippen MR) is 71.6 cm³/mol. The van der Waals surface area contributed by atoms with Gasteiger partial charge in [-0.25, -0.2) is 0 Å². The van der Waals surface area contributed by atoms with E-state index in [2.05, 4.69) is 30.9 Å². The topological polar surface area (TPSA) is 101 Å².